The van der Waals surface area contributed by atoms with Crippen LogP contribution in [0.3, 0.4) is 0 Å². The molecule has 6 heteroatoms. The number of rotatable bonds is 3. The van der Waals surface area contributed by atoms with Crippen LogP contribution >= 0.6 is 35.3 Å². The summed E-state index contributed by atoms with van der Waals surface area (Å²) >= 11 is 1.74. The SMILES string of the molecule is CN=C(NCC(C)c1nc(C)cs1)N1CCCC1.I. The average Bonchev–Trinajstić information content (AvgIpc) is 3.01. The highest BCUT2D eigenvalue weighted by Gasteiger charge is 2.17. The van der Waals surface area contributed by atoms with Crippen LogP contribution in [0.15, 0.2) is 10.4 Å². The van der Waals surface area contributed by atoms with Gasteiger partial charge in [-0.2, -0.15) is 0 Å². The third-order valence-corrected chi connectivity index (χ3v) is 4.44. The molecule has 1 N–H and O–H groups in total. The molecule has 0 bridgehead atoms. The molecule has 2 rings (SSSR count). The van der Waals surface area contributed by atoms with Gasteiger partial charge in [0.1, 0.15) is 0 Å². The van der Waals surface area contributed by atoms with E-state index in [0.29, 0.717) is 5.92 Å². The highest BCUT2D eigenvalue weighted by molar-refractivity contribution is 14.0. The number of thiazole rings is 1. The van der Waals surface area contributed by atoms with Crippen molar-refractivity contribution < 1.29 is 0 Å². The highest BCUT2D eigenvalue weighted by atomic mass is 127. The zero-order valence-electron chi connectivity index (χ0n) is 11.8. The smallest absolute Gasteiger partial charge is 0.193 e. The molecule has 0 saturated carbocycles. The summed E-state index contributed by atoms with van der Waals surface area (Å²) in [5, 5.41) is 6.78. The summed E-state index contributed by atoms with van der Waals surface area (Å²) in [5.74, 6) is 1.47. The van der Waals surface area contributed by atoms with Crippen LogP contribution in [0.1, 0.15) is 36.4 Å². The lowest BCUT2D eigenvalue weighted by molar-refractivity contribution is 0.489. The number of aliphatic imine (C=N–C) groups is 1. The van der Waals surface area contributed by atoms with Crippen LogP contribution < -0.4 is 5.32 Å². The van der Waals surface area contributed by atoms with Crippen molar-refractivity contribution in [3.63, 3.8) is 0 Å². The summed E-state index contributed by atoms with van der Waals surface area (Å²) in [5.41, 5.74) is 1.12. The maximum Gasteiger partial charge on any atom is 0.193 e. The van der Waals surface area contributed by atoms with Crippen molar-refractivity contribution in [1.82, 2.24) is 15.2 Å². The van der Waals surface area contributed by atoms with Gasteiger partial charge in [0.2, 0.25) is 0 Å². The minimum absolute atomic E-state index is 0. The van der Waals surface area contributed by atoms with Crippen LogP contribution in [-0.4, -0.2) is 42.5 Å². The molecular weight excluding hydrogens is 371 g/mol. The van der Waals surface area contributed by atoms with E-state index in [1.54, 1.807) is 11.3 Å². The fraction of sp³-hybridized carbons (Fsp3) is 0.692. The Labute approximate surface area is 136 Å². The molecule has 19 heavy (non-hydrogen) atoms. The van der Waals surface area contributed by atoms with Gasteiger partial charge in [-0.3, -0.25) is 4.99 Å². The molecule has 0 amide bonds. The standard InChI is InChI=1S/C13H22N4S.HI/c1-10(12-16-11(2)9-18-12)8-15-13(14-3)17-6-4-5-7-17;/h9-10H,4-8H2,1-3H3,(H,14,15);1H. The number of hydrogen-bond donors (Lipinski definition) is 1. The molecule has 1 aromatic heterocycles. The summed E-state index contributed by atoms with van der Waals surface area (Å²) in [6.45, 7) is 7.41. The lowest BCUT2D eigenvalue weighted by atomic mass is 10.2. The quantitative estimate of drug-likeness (QED) is 0.487. The zero-order valence-corrected chi connectivity index (χ0v) is 15.0. The normalized spacial score (nSPS) is 17.2. The Bertz CT molecular complexity index is 413. The number of aryl methyl sites for hydroxylation is 1. The molecule has 2 heterocycles. The first-order valence-electron chi connectivity index (χ1n) is 6.58. The number of nitrogens with zero attached hydrogens (tertiary/aromatic N) is 3. The van der Waals surface area contributed by atoms with Crippen molar-refractivity contribution in [2.75, 3.05) is 26.7 Å². The second-order valence-electron chi connectivity index (χ2n) is 4.85. The maximum atomic E-state index is 4.54. The van der Waals surface area contributed by atoms with Gasteiger partial charge in [-0.15, -0.1) is 35.3 Å². The molecule has 4 nitrogen and oxygen atoms in total. The van der Waals surface area contributed by atoms with Crippen LogP contribution in [0.5, 0.6) is 0 Å². The molecule has 1 aliphatic heterocycles. The molecular formula is C13H23IN4S. The number of guanidine groups is 1. The first-order valence-corrected chi connectivity index (χ1v) is 7.46. The number of nitrogens with one attached hydrogen (secondary N) is 1. The van der Waals surface area contributed by atoms with Crippen LogP contribution in [-0.2, 0) is 0 Å². The van der Waals surface area contributed by atoms with Gasteiger partial charge in [-0.25, -0.2) is 4.98 Å². The van der Waals surface area contributed by atoms with E-state index in [1.165, 1.54) is 17.8 Å². The summed E-state index contributed by atoms with van der Waals surface area (Å²) in [4.78, 5) is 11.2. The molecule has 0 radical (unpaired) electrons. The first-order chi connectivity index (χ1) is 8.70. The van der Waals surface area contributed by atoms with Crippen molar-refractivity contribution in [3.8, 4) is 0 Å². The van der Waals surface area contributed by atoms with E-state index in [9.17, 15) is 0 Å². The van der Waals surface area contributed by atoms with Gasteiger partial charge < -0.3 is 10.2 Å². The number of hydrogen-bond acceptors (Lipinski definition) is 3. The van der Waals surface area contributed by atoms with Crippen LogP contribution in [0.2, 0.25) is 0 Å². The Hall–Kier alpha value is -0.370. The second kappa shape index (κ2) is 8.04. The lowest BCUT2D eigenvalue weighted by Crippen LogP contribution is -2.41. The van der Waals surface area contributed by atoms with Crippen molar-refractivity contribution in [3.05, 3.63) is 16.1 Å². The van der Waals surface area contributed by atoms with E-state index in [0.717, 1.165) is 31.3 Å². The number of likely N-dealkylation sites (tertiary alicyclic amines) is 1. The van der Waals surface area contributed by atoms with Gasteiger partial charge in [0, 0.05) is 43.7 Å². The van der Waals surface area contributed by atoms with E-state index in [1.807, 2.05) is 14.0 Å². The third kappa shape index (κ3) is 4.59. The fourth-order valence-corrected chi connectivity index (χ4v) is 3.05. The van der Waals surface area contributed by atoms with Gasteiger partial charge >= 0.3 is 0 Å². The molecule has 0 aliphatic carbocycles. The van der Waals surface area contributed by atoms with Gasteiger partial charge in [0.25, 0.3) is 0 Å². The Balaban J connectivity index is 0.00000180. The van der Waals surface area contributed by atoms with E-state index < -0.39 is 0 Å². The van der Waals surface area contributed by atoms with Crippen molar-refractivity contribution in [2.24, 2.45) is 4.99 Å². The fourth-order valence-electron chi connectivity index (χ4n) is 2.19. The summed E-state index contributed by atoms with van der Waals surface area (Å²) < 4.78 is 0. The number of aromatic nitrogens is 1. The maximum absolute atomic E-state index is 4.54. The number of halogens is 1. The average molecular weight is 394 g/mol. The topological polar surface area (TPSA) is 40.5 Å². The Morgan fingerprint density at radius 3 is 2.74 bits per heavy atom. The molecule has 1 aromatic rings. The summed E-state index contributed by atoms with van der Waals surface area (Å²) in [7, 11) is 1.86. The van der Waals surface area contributed by atoms with Crippen LogP contribution in [0.25, 0.3) is 0 Å². The molecule has 0 aromatic carbocycles. The molecule has 108 valence electrons. The van der Waals surface area contributed by atoms with Crippen LogP contribution in [0, 0.1) is 6.92 Å². The Morgan fingerprint density at radius 2 is 2.21 bits per heavy atom. The van der Waals surface area contributed by atoms with Gasteiger partial charge in [-0.1, -0.05) is 6.92 Å². The van der Waals surface area contributed by atoms with Gasteiger partial charge in [0.15, 0.2) is 5.96 Å². The third-order valence-electron chi connectivity index (χ3n) is 3.24. The molecule has 1 unspecified atom stereocenters. The zero-order chi connectivity index (χ0) is 13.0. The minimum atomic E-state index is 0. The van der Waals surface area contributed by atoms with E-state index >= 15 is 0 Å². The summed E-state index contributed by atoms with van der Waals surface area (Å²) in [6.07, 6.45) is 2.56. The summed E-state index contributed by atoms with van der Waals surface area (Å²) in [6, 6.07) is 0. The predicted octanol–water partition coefficient (Wildman–Crippen LogP) is 2.84. The molecule has 0 spiro atoms. The Morgan fingerprint density at radius 1 is 1.53 bits per heavy atom. The van der Waals surface area contributed by atoms with Gasteiger partial charge in [-0.05, 0) is 19.8 Å². The molecule has 1 fully saturated rings. The van der Waals surface area contributed by atoms with Gasteiger partial charge in [0.05, 0.1) is 5.01 Å². The minimum Gasteiger partial charge on any atom is -0.356 e. The predicted molar refractivity (Wildman–Crippen MR) is 92.8 cm³/mol. The van der Waals surface area contributed by atoms with Crippen LogP contribution in [0.4, 0.5) is 0 Å². The van der Waals surface area contributed by atoms with Crippen molar-refractivity contribution >= 4 is 41.3 Å². The van der Waals surface area contributed by atoms with E-state index in [4.69, 9.17) is 0 Å². The lowest BCUT2D eigenvalue weighted by Gasteiger charge is -2.22. The molecule has 1 atom stereocenters. The monoisotopic (exact) mass is 394 g/mol. The second-order valence-corrected chi connectivity index (χ2v) is 5.74. The molecule has 1 aliphatic rings. The van der Waals surface area contributed by atoms with E-state index in [-0.39, 0.29) is 24.0 Å². The van der Waals surface area contributed by atoms with Crippen molar-refractivity contribution in [1.29, 1.82) is 0 Å². The highest BCUT2D eigenvalue weighted by Crippen LogP contribution is 2.19. The van der Waals surface area contributed by atoms with E-state index in [2.05, 4.69) is 32.5 Å². The first kappa shape index (κ1) is 16.7. The molecule has 1 saturated heterocycles. The van der Waals surface area contributed by atoms with Crippen molar-refractivity contribution in [2.45, 2.75) is 32.6 Å². The Kier molecular flexibility index (Phi) is 7.06. The largest absolute Gasteiger partial charge is 0.356 e.